The van der Waals surface area contributed by atoms with E-state index in [4.69, 9.17) is 4.42 Å². The third kappa shape index (κ3) is 3.37. The molecule has 4 rings (SSSR count). The second-order valence-corrected chi connectivity index (χ2v) is 5.52. The van der Waals surface area contributed by atoms with Crippen molar-refractivity contribution in [3.8, 4) is 5.75 Å². The van der Waals surface area contributed by atoms with Crippen molar-refractivity contribution in [1.29, 1.82) is 0 Å². The van der Waals surface area contributed by atoms with Crippen LogP contribution in [-0.2, 0) is 6.54 Å². The summed E-state index contributed by atoms with van der Waals surface area (Å²) in [7, 11) is 0. The van der Waals surface area contributed by atoms with Crippen molar-refractivity contribution >= 4 is 28.4 Å². The first kappa shape index (κ1) is 15.0. The maximum Gasteiger partial charge on any atom is 0.229 e. The van der Waals surface area contributed by atoms with Gasteiger partial charge in [0.1, 0.15) is 17.3 Å². The van der Waals surface area contributed by atoms with Gasteiger partial charge in [0.2, 0.25) is 5.95 Å². The molecule has 0 fully saturated rings. The third-order valence-corrected chi connectivity index (χ3v) is 3.74. The Hall–Kier alpha value is -3.54. The predicted molar refractivity (Wildman–Crippen MR) is 97.0 cm³/mol. The van der Waals surface area contributed by atoms with Crippen LogP contribution >= 0.6 is 0 Å². The van der Waals surface area contributed by atoms with Crippen molar-refractivity contribution in [2.45, 2.75) is 6.54 Å². The molecule has 0 saturated carbocycles. The summed E-state index contributed by atoms with van der Waals surface area (Å²) in [6.07, 6.45) is 1.65. The average molecular weight is 332 g/mol. The minimum atomic E-state index is 0.214. The van der Waals surface area contributed by atoms with Crippen LogP contribution in [0.15, 0.2) is 71.3 Å². The number of hydrogen-bond acceptors (Lipinski definition) is 6. The predicted octanol–water partition coefficient (Wildman–Crippen LogP) is 4.28. The van der Waals surface area contributed by atoms with Gasteiger partial charge in [0.15, 0.2) is 0 Å². The molecule has 0 spiro atoms. The van der Waals surface area contributed by atoms with E-state index in [1.165, 1.54) is 0 Å². The van der Waals surface area contributed by atoms with Gasteiger partial charge in [-0.1, -0.05) is 12.1 Å². The van der Waals surface area contributed by atoms with Crippen LogP contribution in [0.1, 0.15) is 5.76 Å². The van der Waals surface area contributed by atoms with Crippen LogP contribution in [0.3, 0.4) is 0 Å². The Labute approximate surface area is 144 Å². The molecule has 6 heteroatoms. The van der Waals surface area contributed by atoms with E-state index in [9.17, 15) is 5.11 Å². The van der Waals surface area contributed by atoms with Crippen molar-refractivity contribution in [2.24, 2.45) is 0 Å². The van der Waals surface area contributed by atoms with E-state index in [0.717, 1.165) is 28.2 Å². The quantitative estimate of drug-likeness (QED) is 0.473. The summed E-state index contributed by atoms with van der Waals surface area (Å²) in [6.45, 7) is 0.534. The fourth-order valence-electron chi connectivity index (χ4n) is 2.53. The van der Waals surface area contributed by atoms with E-state index < -0.39 is 0 Å². The molecule has 0 atom stereocenters. The first-order valence-corrected chi connectivity index (χ1v) is 7.87. The Balaban J connectivity index is 1.66. The molecule has 4 aromatic rings. The highest BCUT2D eigenvalue weighted by Crippen LogP contribution is 2.24. The molecule has 2 aromatic carbocycles. The SMILES string of the molecule is Oc1ccc(Nc2nc(NCc3ccco3)c3ccccc3n2)cc1. The maximum absolute atomic E-state index is 9.39. The number of nitrogens with one attached hydrogen (secondary N) is 2. The van der Waals surface area contributed by atoms with Crippen LogP contribution in [0.25, 0.3) is 10.9 Å². The number of anilines is 3. The summed E-state index contributed by atoms with van der Waals surface area (Å²) in [6, 6.07) is 18.3. The lowest BCUT2D eigenvalue weighted by atomic mass is 10.2. The molecule has 0 aliphatic heterocycles. The number of phenols is 1. The van der Waals surface area contributed by atoms with Gasteiger partial charge in [-0.25, -0.2) is 4.98 Å². The first-order valence-electron chi connectivity index (χ1n) is 7.87. The number of aromatic hydroxyl groups is 1. The zero-order chi connectivity index (χ0) is 17.1. The Morgan fingerprint density at radius 1 is 0.920 bits per heavy atom. The summed E-state index contributed by atoms with van der Waals surface area (Å²) >= 11 is 0. The largest absolute Gasteiger partial charge is 0.508 e. The Kier molecular flexibility index (Phi) is 3.92. The van der Waals surface area contributed by atoms with E-state index >= 15 is 0 Å². The molecule has 0 radical (unpaired) electrons. The normalized spacial score (nSPS) is 10.7. The summed E-state index contributed by atoms with van der Waals surface area (Å²) in [4.78, 5) is 9.13. The molecule has 2 heterocycles. The molecular weight excluding hydrogens is 316 g/mol. The van der Waals surface area contributed by atoms with Crippen molar-refractivity contribution in [1.82, 2.24) is 9.97 Å². The highest BCUT2D eigenvalue weighted by atomic mass is 16.3. The summed E-state index contributed by atoms with van der Waals surface area (Å²) < 4.78 is 5.36. The van der Waals surface area contributed by atoms with Crippen LogP contribution in [0.4, 0.5) is 17.5 Å². The second kappa shape index (κ2) is 6.52. The number of hydrogen-bond donors (Lipinski definition) is 3. The van der Waals surface area contributed by atoms with Gasteiger partial charge in [0.05, 0.1) is 18.3 Å². The first-order chi connectivity index (χ1) is 12.3. The van der Waals surface area contributed by atoms with Crippen LogP contribution in [0.5, 0.6) is 5.75 Å². The molecule has 0 unspecified atom stereocenters. The van der Waals surface area contributed by atoms with Gasteiger partial charge in [-0.15, -0.1) is 0 Å². The van der Waals surface area contributed by atoms with Crippen LogP contribution in [0, 0.1) is 0 Å². The summed E-state index contributed by atoms with van der Waals surface area (Å²) in [5.74, 6) is 2.25. The Morgan fingerprint density at radius 2 is 1.76 bits per heavy atom. The molecule has 6 nitrogen and oxygen atoms in total. The lowest BCUT2D eigenvalue weighted by Crippen LogP contribution is -2.05. The van der Waals surface area contributed by atoms with Crippen LogP contribution in [-0.4, -0.2) is 15.1 Å². The molecule has 0 aliphatic rings. The van der Waals surface area contributed by atoms with E-state index in [0.29, 0.717) is 12.5 Å². The number of benzene rings is 2. The fraction of sp³-hybridized carbons (Fsp3) is 0.0526. The zero-order valence-corrected chi connectivity index (χ0v) is 13.3. The Morgan fingerprint density at radius 3 is 2.56 bits per heavy atom. The van der Waals surface area contributed by atoms with Gasteiger partial charge in [-0.2, -0.15) is 4.98 Å². The zero-order valence-electron chi connectivity index (χ0n) is 13.3. The lowest BCUT2D eigenvalue weighted by molar-refractivity contribution is 0.475. The lowest BCUT2D eigenvalue weighted by Gasteiger charge is -2.11. The van der Waals surface area contributed by atoms with Gasteiger partial charge in [-0.3, -0.25) is 0 Å². The number of furan rings is 1. The number of nitrogens with zero attached hydrogens (tertiary/aromatic N) is 2. The number of rotatable bonds is 5. The van der Waals surface area contributed by atoms with Crippen LogP contribution < -0.4 is 10.6 Å². The average Bonchev–Trinajstić information content (AvgIpc) is 3.15. The van der Waals surface area contributed by atoms with Crippen LogP contribution in [0.2, 0.25) is 0 Å². The highest BCUT2D eigenvalue weighted by molar-refractivity contribution is 5.90. The fourth-order valence-corrected chi connectivity index (χ4v) is 2.53. The topological polar surface area (TPSA) is 83.2 Å². The second-order valence-electron chi connectivity index (χ2n) is 5.52. The maximum atomic E-state index is 9.39. The third-order valence-electron chi connectivity index (χ3n) is 3.74. The molecule has 2 aromatic heterocycles. The van der Waals surface area contributed by atoms with Crippen molar-refractivity contribution in [3.05, 3.63) is 72.7 Å². The van der Waals surface area contributed by atoms with Gasteiger partial charge < -0.3 is 20.2 Å². The van der Waals surface area contributed by atoms with Gasteiger partial charge in [0.25, 0.3) is 0 Å². The molecular formula is C19H16N4O2. The smallest absolute Gasteiger partial charge is 0.229 e. The number of aromatic nitrogens is 2. The van der Waals surface area contributed by atoms with Crippen molar-refractivity contribution < 1.29 is 9.52 Å². The Bertz CT molecular complexity index is 982. The van der Waals surface area contributed by atoms with Gasteiger partial charge in [-0.05, 0) is 48.5 Å². The standard InChI is InChI=1S/C19H16N4O2/c24-14-9-7-13(8-10-14)21-19-22-17-6-2-1-5-16(17)18(23-19)20-12-15-4-3-11-25-15/h1-11,24H,12H2,(H2,20,21,22,23). The minimum absolute atomic E-state index is 0.214. The molecule has 3 N–H and O–H groups in total. The number of phenolic OH excluding ortho intramolecular Hbond substituents is 1. The van der Waals surface area contributed by atoms with E-state index in [1.54, 1.807) is 30.5 Å². The van der Waals surface area contributed by atoms with Crippen molar-refractivity contribution in [3.63, 3.8) is 0 Å². The number of fused-ring (bicyclic) bond motifs is 1. The van der Waals surface area contributed by atoms with E-state index in [1.807, 2.05) is 36.4 Å². The van der Waals surface area contributed by atoms with E-state index in [-0.39, 0.29) is 5.75 Å². The van der Waals surface area contributed by atoms with Gasteiger partial charge >= 0.3 is 0 Å². The van der Waals surface area contributed by atoms with E-state index in [2.05, 4.69) is 20.6 Å². The number of para-hydroxylation sites is 1. The minimum Gasteiger partial charge on any atom is -0.508 e. The highest BCUT2D eigenvalue weighted by Gasteiger charge is 2.08. The monoisotopic (exact) mass is 332 g/mol. The molecule has 124 valence electrons. The van der Waals surface area contributed by atoms with Gasteiger partial charge in [0, 0.05) is 11.1 Å². The molecule has 0 saturated heterocycles. The summed E-state index contributed by atoms with van der Waals surface area (Å²) in [5.41, 5.74) is 1.63. The molecule has 0 amide bonds. The molecule has 0 bridgehead atoms. The summed E-state index contributed by atoms with van der Waals surface area (Å²) in [5, 5.41) is 16.8. The molecule has 25 heavy (non-hydrogen) atoms. The molecule has 0 aliphatic carbocycles. The van der Waals surface area contributed by atoms with Crippen molar-refractivity contribution in [2.75, 3.05) is 10.6 Å².